The van der Waals surface area contributed by atoms with Crippen molar-refractivity contribution >= 4 is 16.8 Å². The van der Waals surface area contributed by atoms with Crippen molar-refractivity contribution < 1.29 is 4.52 Å². The van der Waals surface area contributed by atoms with Crippen molar-refractivity contribution in [3.05, 3.63) is 53.9 Å². The Labute approximate surface area is 124 Å². The van der Waals surface area contributed by atoms with Gasteiger partial charge in [0.25, 0.3) is 0 Å². The van der Waals surface area contributed by atoms with E-state index < -0.39 is 0 Å². The number of hydrogen-bond donors (Lipinski definition) is 1. The molecule has 0 fully saturated rings. The Bertz CT molecular complexity index is 748. The fraction of sp³-hybridized carbons (Fsp3) is 0.294. The minimum absolute atomic E-state index is 0.107. The van der Waals surface area contributed by atoms with Crippen LogP contribution in [0.25, 0.3) is 10.8 Å². The molecule has 1 aromatic heterocycles. The van der Waals surface area contributed by atoms with Gasteiger partial charge in [0, 0.05) is 5.92 Å². The van der Waals surface area contributed by atoms with Gasteiger partial charge in [0.05, 0.1) is 6.04 Å². The normalized spacial score (nSPS) is 12.8. The number of nitrogens with one attached hydrogen (secondary N) is 1. The standard InChI is InChI=1S/C17H19N3O/c1-11(2)16-19-17(21-20-16)18-12(3)14-9-8-13-6-4-5-7-15(13)10-14/h4-12H,1-3H3,(H,18,19,20). The first-order valence-electron chi connectivity index (χ1n) is 7.22. The molecule has 0 radical (unpaired) electrons. The predicted octanol–water partition coefficient (Wildman–Crippen LogP) is 4.52. The zero-order chi connectivity index (χ0) is 14.8. The van der Waals surface area contributed by atoms with Crippen molar-refractivity contribution in [3.63, 3.8) is 0 Å². The zero-order valence-corrected chi connectivity index (χ0v) is 12.5. The number of fused-ring (bicyclic) bond motifs is 1. The Hall–Kier alpha value is -2.36. The number of benzene rings is 2. The Morgan fingerprint density at radius 3 is 2.48 bits per heavy atom. The summed E-state index contributed by atoms with van der Waals surface area (Å²) in [4.78, 5) is 4.35. The van der Waals surface area contributed by atoms with Gasteiger partial charge in [-0.25, -0.2) is 0 Å². The summed E-state index contributed by atoms with van der Waals surface area (Å²) in [7, 11) is 0. The minimum Gasteiger partial charge on any atom is -0.331 e. The second kappa shape index (κ2) is 5.56. The van der Waals surface area contributed by atoms with Crippen molar-refractivity contribution in [2.45, 2.75) is 32.7 Å². The van der Waals surface area contributed by atoms with Gasteiger partial charge in [0.2, 0.25) is 0 Å². The van der Waals surface area contributed by atoms with Gasteiger partial charge in [0.1, 0.15) is 0 Å². The van der Waals surface area contributed by atoms with E-state index in [0.29, 0.717) is 6.01 Å². The molecule has 4 nitrogen and oxygen atoms in total. The molecule has 0 aliphatic rings. The molecule has 1 N–H and O–H groups in total. The molecule has 4 heteroatoms. The van der Waals surface area contributed by atoms with E-state index in [1.807, 2.05) is 13.8 Å². The quantitative estimate of drug-likeness (QED) is 0.764. The second-order valence-corrected chi connectivity index (χ2v) is 5.59. The van der Waals surface area contributed by atoms with Crippen molar-refractivity contribution in [3.8, 4) is 0 Å². The highest BCUT2D eigenvalue weighted by Crippen LogP contribution is 2.23. The molecule has 0 spiro atoms. The summed E-state index contributed by atoms with van der Waals surface area (Å²) in [6, 6.07) is 15.4. The Balaban J connectivity index is 1.80. The average molecular weight is 281 g/mol. The number of rotatable bonds is 4. The molecule has 108 valence electrons. The maximum atomic E-state index is 5.23. The molecule has 21 heavy (non-hydrogen) atoms. The Kier molecular flexibility index (Phi) is 3.60. The van der Waals surface area contributed by atoms with Crippen molar-refractivity contribution in [2.75, 3.05) is 5.32 Å². The van der Waals surface area contributed by atoms with Crippen LogP contribution in [0.1, 0.15) is 44.1 Å². The van der Waals surface area contributed by atoms with Crippen molar-refractivity contribution in [2.24, 2.45) is 0 Å². The average Bonchev–Trinajstić information content (AvgIpc) is 2.95. The van der Waals surface area contributed by atoms with Gasteiger partial charge in [-0.2, -0.15) is 4.98 Å². The van der Waals surface area contributed by atoms with Crippen LogP contribution in [0.4, 0.5) is 6.01 Å². The molecule has 3 rings (SSSR count). The van der Waals surface area contributed by atoms with Gasteiger partial charge >= 0.3 is 6.01 Å². The Morgan fingerprint density at radius 1 is 1.00 bits per heavy atom. The number of aromatic nitrogens is 2. The van der Waals surface area contributed by atoms with E-state index in [1.165, 1.54) is 16.3 Å². The molecule has 0 bridgehead atoms. The van der Waals surface area contributed by atoms with E-state index in [1.54, 1.807) is 0 Å². The molecule has 1 atom stereocenters. The third-order valence-electron chi connectivity index (χ3n) is 3.57. The SMILES string of the molecule is CC(C)c1noc(NC(C)c2ccc3ccccc3c2)n1. The van der Waals surface area contributed by atoms with Gasteiger partial charge in [0.15, 0.2) is 5.82 Å². The highest BCUT2D eigenvalue weighted by molar-refractivity contribution is 5.83. The number of hydrogen-bond acceptors (Lipinski definition) is 4. The minimum atomic E-state index is 0.107. The van der Waals surface area contributed by atoms with Gasteiger partial charge < -0.3 is 9.84 Å². The zero-order valence-electron chi connectivity index (χ0n) is 12.5. The van der Waals surface area contributed by atoms with Crippen LogP contribution in [0, 0.1) is 0 Å². The van der Waals surface area contributed by atoms with Gasteiger partial charge in [-0.3, -0.25) is 0 Å². The number of anilines is 1. The van der Waals surface area contributed by atoms with Crippen LogP contribution in [0.2, 0.25) is 0 Å². The molecule has 1 heterocycles. The lowest BCUT2D eigenvalue weighted by molar-refractivity contribution is 0.416. The molecular weight excluding hydrogens is 262 g/mol. The molecule has 0 amide bonds. The van der Waals surface area contributed by atoms with E-state index in [9.17, 15) is 0 Å². The summed E-state index contributed by atoms with van der Waals surface area (Å²) in [5, 5.41) is 9.70. The molecule has 1 unspecified atom stereocenters. The lowest BCUT2D eigenvalue weighted by atomic mass is 10.0. The fourth-order valence-electron chi connectivity index (χ4n) is 2.27. The first kappa shape index (κ1) is 13.6. The smallest absolute Gasteiger partial charge is 0.321 e. The van der Waals surface area contributed by atoms with E-state index in [-0.39, 0.29) is 12.0 Å². The van der Waals surface area contributed by atoms with Gasteiger partial charge in [-0.05, 0) is 29.3 Å². The molecule has 0 saturated carbocycles. The van der Waals surface area contributed by atoms with Crippen molar-refractivity contribution in [1.82, 2.24) is 10.1 Å². The van der Waals surface area contributed by atoms with E-state index in [4.69, 9.17) is 4.52 Å². The molecule has 3 aromatic rings. The summed E-state index contributed by atoms with van der Waals surface area (Å²) < 4.78 is 5.23. The van der Waals surface area contributed by atoms with Crippen LogP contribution < -0.4 is 5.32 Å². The third-order valence-corrected chi connectivity index (χ3v) is 3.57. The highest BCUT2D eigenvalue weighted by Gasteiger charge is 2.13. The fourth-order valence-corrected chi connectivity index (χ4v) is 2.27. The van der Waals surface area contributed by atoms with Crippen LogP contribution in [-0.4, -0.2) is 10.1 Å². The Morgan fingerprint density at radius 2 is 1.76 bits per heavy atom. The monoisotopic (exact) mass is 281 g/mol. The largest absolute Gasteiger partial charge is 0.331 e. The van der Waals surface area contributed by atoms with Crippen molar-refractivity contribution in [1.29, 1.82) is 0 Å². The first-order chi connectivity index (χ1) is 10.1. The topological polar surface area (TPSA) is 51.0 Å². The van der Waals surface area contributed by atoms with Crippen LogP contribution in [0.3, 0.4) is 0 Å². The predicted molar refractivity (Wildman–Crippen MR) is 84.4 cm³/mol. The summed E-state index contributed by atoms with van der Waals surface area (Å²) in [6.45, 7) is 6.17. The van der Waals surface area contributed by atoms with Crippen LogP contribution in [-0.2, 0) is 0 Å². The lowest BCUT2D eigenvalue weighted by Gasteiger charge is -2.13. The molecule has 2 aromatic carbocycles. The summed E-state index contributed by atoms with van der Waals surface area (Å²) in [6.07, 6.45) is 0. The molecule has 0 aliphatic carbocycles. The molecular formula is C17H19N3O. The second-order valence-electron chi connectivity index (χ2n) is 5.59. The summed E-state index contributed by atoms with van der Waals surface area (Å²) in [5.41, 5.74) is 1.19. The van der Waals surface area contributed by atoms with Crippen LogP contribution >= 0.6 is 0 Å². The van der Waals surface area contributed by atoms with E-state index in [0.717, 1.165) is 5.82 Å². The van der Waals surface area contributed by atoms with Crippen LogP contribution in [0.5, 0.6) is 0 Å². The van der Waals surface area contributed by atoms with Gasteiger partial charge in [-0.15, -0.1) is 0 Å². The third kappa shape index (κ3) is 2.89. The summed E-state index contributed by atoms with van der Waals surface area (Å²) >= 11 is 0. The van der Waals surface area contributed by atoms with E-state index >= 15 is 0 Å². The maximum absolute atomic E-state index is 5.23. The summed E-state index contributed by atoms with van der Waals surface area (Å²) in [5.74, 6) is 0.989. The van der Waals surface area contributed by atoms with Crippen LogP contribution in [0.15, 0.2) is 47.0 Å². The maximum Gasteiger partial charge on any atom is 0.321 e. The lowest BCUT2D eigenvalue weighted by Crippen LogP contribution is -2.07. The molecule has 0 aliphatic heterocycles. The van der Waals surface area contributed by atoms with E-state index in [2.05, 4.69) is 64.8 Å². The first-order valence-corrected chi connectivity index (χ1v) is 7.22. The molecule has 0 saturated heterocycles. The highest BCUT2D eigenvalue weighted by atomic mass is 16.5. The van der Waals surface area contributed by atoms with Gasteiger partial charge in [-0.1, -0.05) is 55.4 Å². The number of nitrogens with zero attached hydrogens (tertiary/aromatic N) is 2.